The van der Waals surface area contributed by atoms with Gasteiger partial charge in [0, 0.05) is 54.7 Å². The lowest BCUT2D eigenvalue weighted by Crippen LogP contribution is -2.51. The molecule has 9 heteroatoms. The molecule has 2 N–H and O–H groups in total. The van der Waals surface area contributed by atoms with Crippen molar-refractivity contribution >= 4 is 29.3 Å². The second kappa shape index (κ2) is 10.8. The molecule has 2 aromatic rings. The Labute approximate surface area is 204 Å². The smallest absolute Gasteiger partial charge is 0.338 e. The molecule has 2 heterocycles. The Hall–Kier alpha value is -3.23. The zero-order valence-electron chi connectivity index (χ0n) is 19.3. The van der Waals surface area contributed by atoms with Gasteiger partial charge in [-0.15, -0.1) is 0 Å². The molecule has 2 aliphatic heterocycles. The molecule has 0 aromatic heterocycles. The number of esters is 1. The number of methoxy groups -OCH3 is 1. The number of amides is 2. The monoisotopic (exact) mass is 484 g/mol. The Bertz CT molecular complexity index is 1080. The molecule has 0 spiro atoms. The summed E-state index contributed by atoms with van der Waals surface area (Å²) < 4.78 is 10.9. The van der Waals surface area contributed by atoms with Gasteiger partial charge in [-0.3, -0.25) is 4.90 Å². The van der Waals surface area contributed by atoms with Crippen molar-refractivity contribution in [3.05, 3.63) is 70.4 Å². The average Bonchev–Trinajstić information content (AvgIpc) is 2.84. The topological polar surface area (TPSA) is 83.1 Å². The Kier molecular flexibility index (Phi) is 7.59. The largest absolute Gasteiger partial charge is 0.496 e. The molecule has 0 radical (unpaired) electrons. The van der Waals surface area contributed by atoms with Crippen LogP contribution in [0.3, 0.4) is 0 Å². The van der Waals surface area contributed by atoms with Gasteiger partial charge in [-0.2, -0.15) is 0 Å². The Balaban J connectivity index is 1.58. The number of nitrogens with one attached hydrogen (secondary N) is 2. The van der Waals surface area contributed by atoms with Crippen molar-refractivity contribution in [3.63, 3.8) is 0 Å². The van der Waals surface area contributed by atoms with Crippen molar-refractivity contribution in [2.45, 2.75) is 13.0 Å². The Morgan fingerprint density at radius 3 is 2.59 bits per heavy atom. The van der Waals surface area contributed by atoms with Gasteiger partial charge in [-0.05, 0) is 31.2 Å². The van der Waals surface area contributed by atoms with Gasteiger partial charge in [0.05, 0.1) is 25.3 Å². The summed E-state index contributed by atoms with van der Waals surface area (Å²) in [6.45, 7) is 5.59. The number of nitrogens with zero attached hydrogens (tertiary/aromatic N) is 2. The molecule has 1 saturated heterocycles. The third kappa shape index (κ3) is 5.29. The molecule has 2 aromatic carbocycles. The molecule has 1 fully saturated rings. The van der Waals surface area contributed by atoms with Gasteiger partial charge in [0.25, 0.3) is 0 Å². The minimum Gasteiger partial charge on any atom is -0.496 e. The number of ether oxygens (including phenoxy) is 2. The van der Waals surface area contributed by atoms with Crippen LogP contribution in [-0.4, -0.2) is 63.3 Å². The van der Waals surface area contributed by atoms with Crippen LogP contribution in [0.4, 0.5) is 10.5 Å². The van der Waals surface area contributed by atoms with Crippen molar-refractivity contribution in [2.24, 2.45) is 0 Å². The molecule has 4 rings (SSSR count). The first-order valence-corrected chi connectivity index (χ1v) is 11.7. The predicted molar refractivity (Wildman–Crippen MR) is 131 cm³/mol. The molecular weight excluding hydrogens is 456 g/mol. The van der Waals surface area contributed by atoms with Crippen LogP contribution in [0.5, 0.6) is 5.75 Å². The molecule has 1 atom stereocenters. The number of piperazine rings is 1. The lowest BCUT2D eigenvalue weighted by molar-refractivity contribution is -0.139. The normalized spacial score (nSPS) is 18.9. The second-order valence-corrected chi connectivity index (χ2v) is 8.57. The minimum absolute atomic E-state index is 0.237. The van der Waals surface area contributed by atoms with Gasteiger partial charge in [-0.1, -0.05) is 35.9 Å². The first-order valence-electron chi connectivity index (χ1n) is 11.3. The maximum absolute atomic E-state index is 13.1. The summed E-state index contributed by atoms with van der Waals surface area (Å²) in [5.41, 5.74) is 2.73. The number of urea groups is 1. The maximum atomic E-state index is 13.1. The lowest BCUT2D eigenvalue weighted by Gasteiger charge is -2.38. The average molecular weight is 485 g/mol. The fraction of sp³-hybridized carbons (Fsp3) is 0.360. The summed E-state index contributed by atoms with van der Waals surface area (Å²) in [5, 5.41) is 6.44. The quantitative estimate of drug-likeness (QED) is 0.586. The summed E-state index contributed by atoms with van der Waals surface area (Å²) in [7, 11) is 1.57. The molecule has 2 aliphatic rings. The summed E-state index contributed by atoms with van der Waals surface area (Å²) in [4.78, 5) is 30.2. The number of carbonyl (C=O) groups excluding carboxylic acids is 2. The van der Waals surface area contributed by atoms with E-state index in [0.717, 1.165) is 31.9 Å². The van der Waals surface area contributed by atoms with Crippen molar-refractivity contribution in [1.82, 2.24) is 15.5 Å². The van der Waals surface area contributed by atoms with E-state index < -0.39 is 12.0 Å². The summed E-state index contributed by atoms with van der Waals surface area (Å²) in [5.74, 6) is 0.129. The van der Waals surface area contributed by atoms with Gasteiger partial charge in [0.2, 0.25) is 0 Å². The van der Waals surface area contributed by atoms with E-state index in [1.807, 2.05) is 42.5 Å². The van der Waals surface area contributed by atoms with E-state index in [-0.39, 0.29) is 12.6 Å². The van der Waals surface area contributed by atoms with E-state index in [1.165, 1.54) is 0 Å². The molecule has 0 saturated carbocycles. The van der Waals surface area contributed by atoms with E-state index in [4.69, 9.17) is 21.1 Å². The number of hydrogen-bond acceptors (Lipinski definition) is 6. The molecule has 180 valence electrons. The fourth-order valence-corrected chi connectivity index (χ4v) is 4.58. The predicted octanol–water partition coefficient (Wildman–Crippen LogP) is 3.34. The van der Waals surface area contributed by atoms with Gasteiger partial charge < -0.3 is 25.0 Å². The van der Waals surface area contributed by atoms with E-state index in [0.29, 0.717) is 34.2 Å². The zero-order valence-corrected chi connectivity index (χ0v) is 20.1. The molecular formula is C25H29ClN4O4. The third-order valence-corrected chi connectivity index (χ3v) is 6.26. The summed E-state index contributed by atoms with van der Waals surface area (Å²) >= 11 is 6.15. The van der Waals surface area contributed by atoms with Crippen molar-refractivity contribution in [1.29, 1.82) is 0 Å². The van der Waals surface area contributed by atoms with E-state index in [1.54, 1.807) is 20.1 Å². The fourth-order valence-electron chi connectivity index (χ4n) is 4.39. The molecule has 0 aliphatic carbocycles. The van der Waals surface area contributed by atoms with Crippen LogP contribution in [0.1, 0.15) is 18.5 Å². The van der Waals surface area contributed by atoms with Crippen molar-refractivity contribution in [3.8, 4) is 5.75 Å². The van der Waals surface area contributed by atoms with Crippen LogP contribution in [0, 0.1) is 0 Å². The number of halogens is 1. The summed E-state index contributed by atoms with van der Waals surface area (Å²) in [6, 6.07) is 14.1. The van der Waals surface area contributed by atoms with Gasteiger partial charge >= 0.3 is 12.0 Å². The number of hydrogen-bond donors (Lipinski definition) is 2. The number of carbonyl (C=O) groups is 2. The van der Waals surface area contributed by atoms with Crippen molar-refractivity contribution in [2.75, 3.05) is 51.3 Å². The number of para-hydroxylation sites is 1. The Morgan fingerprint density at radius 1 is 1.12 bits per heavy atom. The third-order valence-electron chi connectivity index (χ3n) is 6.03. The second-order valence-electron chi connectivity index (χ2n) is 8.13. The highest BCUT2D eigenvalue weighted by atomic mass is 35.5. The van der Waals surface area contributed by atoms with Crippen LogP contribution in [0.15, 0.2) is 59.8 Å². The summed E-state index contributed by atoms with van der Waals surface area (Å²) in [6.07, 6.45) is 0. The van der Waals surface area contributed by atoms with E-state index in [9.17, 15) is 9.59 Å². The van der Waals surface area contributed by atoms with Gasteiger partial charge in [0.15, 0.2) is 0 Å². The molecule has 0 unspecified atom stereocenters. The van der Waals surface area contributed by atoms with Crippen LogP contribution < -0.4 is 20.3 Å². The molecule has 8 nitrogen and oxygen atoms in total. The first-order chi connectivity index (χ1) is 16.5. The SMILES string of the molecule is CCOC(=O)C1=C(CN2CCN(c3cccc(Cl)c3)CC2)NC(=O)N[C@@H]1c1ccccc1OC. The van der Waals surface area contributed by atoms with Gasteiger partial charge in [-0.25, -0.2) is 9.59 Å². The van der Waals surface area contributed by atoms with Gasteiger partial charge in [0.1, 0.15) is 5.75 Å². The highest BCUT2D eigenvalue weighted by molar-refractivity contribution is 6.30. The van der Waals surface area contributed by atoms with E-state index in [2.05, 4.69) is 20.4 Å². The first kappa shape index (κ1) is 23.9. The highest BCUT2D eigenvalue weighted by Crippen LogP contribution is 2.34. The lowest BCUT2D eigenvalue weighted by atomic mass is 9.94. The van der Waals surface area contributed by atoms with Crippen LogP contribution in [-0.2, 0) is 9.53 Å². The Morgan fingerprint density at radius 2 is 1.88 bits per heavy atom. The number of benzene rings is 2. The van der Waals surface area contributed by atoms with Crippen molar-refractivity contribution < 1.29 is 19.1 Å². The number of rotatable bonds is 7. The highest BCUT2D eigenvalue weighted by Gasteiger charge is 2.36. The number of anilines is 1. The molecule has 34 heavy (non-hydrogen) atoms. The van der Waals surface area contributed by atoms with Crippen LogP contribution in [0.2, 0.25) is 5.02 Å². The molecule has 2 amide bonds. The molecule has 0 bridgehead atoms. The standard InChI is InChI=1S/C25H29ClN4O4/c1-3-34-24(31)22-20(27-25(32)28-23(22)19-9-4-5-10-21(19)33-2)16-29-11-13-30(14-12-29)18-8-6-7-17(26)15-18/h4-10,15,23H,3,11-14,16H2,1-2H3,(H2,27,28,32)/t23-/m1/s1. The van der Waals surface area contributed by atoms with Crippen LogP contribution in [0.25, 0.3) is 0 Å². The van der Waals surface area contributed by atoms with Crippen LogP contribution >= 0.6 is 11.6 Å². The zero-order chi connectivity index (χ0) is 24.1. The minimum atomic E-state index is -0.674. The van der Waals surface area contributed by atoms with E-state index >= 15 is 0 Å². The maximum Gasteiger partial charge on any atom is 0.338 e.